The van der Waals surface area contributed by atoms with Gasteiger partial charge >= 0.3 is 0 Å². The molecule has 8 heteroatoms. The van der Waals surface area contributed by atoms with Gasteiger partial charge in [0, 0.05) is 34.2 Å². The average Bonchev–Trinajstić information content (AvgIpc) is 2.62. The Kier molecular flexibility index (Phi) is 9.20. The van der Waals surface area contributed by atoms with Crippen molar-refractivity contribution in [2.45, 2.75) is 24.9 Å². The van der Waals surface area contributed by atoms with E-state index < -0.39 is 10.0 Å². The minimum absolute atomic E-state index is 0. The highest BCUT2D eigenvalue weighted by molar-refractivity contribution is 14.0. The van der Waals surface area contributed by atoms with Gasteiger partial charge in [-0.2, -0.15) is 0 Å². The summed E-state index contributed by atoms with van der Waals surface area (Å²) in [6.07, 6.45) is 0. The zero-order valence-corrected chi connectivity index (χ0v) is 19.2. The Morgan fingerprint density at radius 1 is 1.04 bits per heavy atom. The molecule has 2 N–H and O–H groups in total. The van der Waals surface area contributed by atoms with Crippen LogP contribution in [0.15, 0.2) is 58.4 Å². The summed E-state index contributed by atoms with van der Waals surface area (Å²) in [5, 5.41) is 6.42. The van der Waals surface area contributed by atoms with E-state index in [0.717, 1.165) is 5.56 Å². The van der Waals surface area contributed by atoms with Gasteiger partial charge in [-0.3, -0.25) is 4.99 Å². The lowest BCUT2D eigenvalue weighted by Crippen LogP contribution is -2.36. The first kappa shape index (κ1) is 23.4. The van der Waals surface area contributed by atoms with Gasteiger partial charge in [0.15, 0.2) is 5.96 Å². The first-order chi connectivity index (χ1) is 12.3. The monoisotopic (exact) mass is 502 g/mol. The zero-order chi connectivity index (χ0) is 19.2. The van der Waals surface area contributed by atoms with Gasteiger partial charge in [-0.15, -0.1) is 24.0 Å². The number of guanidine groups is 1. The largest absolute Gasteiger partial charge is 0.352 e. The van der Waals surface area contributed by atoms with E-state index in [4.69, 9.17) is 0 Å². The van der Waals surface area contributed by atoms with Crippen LogP contribution in [-0.4, -0.2) is 39.8 Å². The minimum Gasteiger partial charge on any atom is -0.352 e. The maximum absolute atomic E-state index is 12.5. The lowest BCUT2D eigenvalue weighted by molar-refractivity contribution is 0.519. The van der Waals surface area contributed by atoms with Crippen LogP contribution in [0, 0.1) is 6.92 Å². The second-order valence-corrected chi connectivity index (χ2v) is 8.28. The molecule has 0 aliphatic carbocycles. The van der Waals surface area contributed by atoms with Crippen LogP contribution < -0.4 is 10.6 Å². The molecule has 0 amide bonds. The molecular formula is C19H27IN4O2S. The van der Waals surface area contributed by atoms with E-state index in [1.165, 1.54) is 24.0 Å². The molecule has 0 radical (unpaired) electrons. The quantitative estimate of drug-likeness (QED) is 0.362. The van der Waals surface area contributed by atoms with E-state index in [9.17, 15) is 8.42 Å². The van der Waals surface area contributed by atoms with Gasteiger partial charge in [-0.1, -0.05) is 48.0 Å². The number of aliphatic imine (C=N–C) groups is 1. The summed E-state index contributed by atoms with van der Waals surface area (Å²) < 4.78 is 26.1. The highest BCUT2D eigenvalue weighted by atomic mass is 127. The highest BCUT2D eigenvalue weighted by Crippen LogP contribution is 2.18. The van der Waals surface area contributed by atoms with E-state index in [1.54, 1.807) is 25.2 Å². The standard InChI is InChI=1S/C19H26N4O2S.HI/c1-15-8-7-9-16(12-15)13-21-19(20-2)22-14-17-10-5-6-11-18(17)26(24,25)23(3)4;/h5-12H,13-14H2,1-4H3,(H2,20,21,22);1H. The molecule has 0 heterocycles. The van der Waals surface area contributed by atoms with Gasteiger partial charge in [0.1, 0.15) is 0 Å². The predicted octanol–water partition coefficient (Wildman–Crippen LogP) is 2.73. The Morgan fingerprint density at radius 2 is 1.70 bits per heavy atom. The molecule has 6 nitrogen and oxygen atoms in total. The summed E-state index contributed by atoms with van der Waals surface area (Å²) in [6.45, 7) is 3.05. The van der Waals surface area contributed by atoms with Gasteiger partial charge in [-0.25, -0.2) is 12.7 Å². The molecule has 0 atom stereocenters. The Morgan fingerprint density at radius 3 is 2.33 bits per heavy atom. The van der Waals surface area contributed by atoms with Crippen molar-refractivity contribution in [1.82, 2.24) is 14.9 Å². The average molecular weight is 502 g/mol. The molecule has 0 aliphatic rings. The molecule has 2 aromatic rings. The third kappa shape index (κ3) is 6.47. The molecule has 0 aromatic heterocycles. The predicted molar refractivity (Wildman–Crippen MR) is 121 cm³/mol. The number of nitrogens with zero attached hydrogens (tertiary/aromatic N) is 2. The number of hydrogen-bond donors (Lipinski definition) is 2. The number of halogens is 1. The zero-order valence-electron chi connectivity index (χ0n) is 16.1. The smallest absolute Gasteiger partial charge is 0.242 e. The first-order valence-corrected chi connectivity index (χ1v) is 9.79. The lowest BCUT2D eigenvalue weighted by Gasteiger charge is -2.17. The van der Waals surface area contributed by atoms with Crippen molar-refractivity contribution in [3.05, 3.63) is 65.2 Å². The molecule has 0 unspecified atom stereocenters. The molecule has 0 fully saturated rings. The van der Waals surface area contributed by atoms with Gasteiger partial charge in [0.05, 0.1) is 4.90 Å². The van der Waals surface area contributed by atoms with Crippen molar-refractivity contribution in [2.75, 3.05) is 21.1 Å². The summed E-state index contributed by atoms with van der Waals surface area (Å²) in [4.78, 5) is 4.50. The number of nitrogens with one attached hydrogen (secondary N) is 2. The van der Waals surface area contributed by atoms with E-state index in [-0.39, 0.29) is 24.0 Å². The fourth-order valence-electron chi connectivity index (χ4n) is 2.51. The molecule has 0 bridgehead atoms. The van der Waals surface area contributed by atoms with Crippen molar-refractivity contribution in [2.24, 2.45) is 4.99 Å². The summed E-state index contributed by atoms with van der Waals surface area (Å²) in [6, 6.07) is 15.2. The number of aryl methyl sites for hydroxylation is 1. The third-order valence-corrected chi connectivity index (χ3v) is 5.86. The van der Waals surface area contributed by atoms with Crippen LogP contribution in [0.1, 0.15) is 16.7 Å². The molecular weight excluding hydrogens is 475 g/mol. The van der Waals surface area contributed by atoms with Crippen LogP contribution in [0.4, 0.5) is 0 Å². The highest BCUT2D eigenvalue weighted by Gasteiger charge is 2.20. The topological polar surface area (TPSA) is 73.8 Å². The van der Waals surface area contributed by atoms with Crippen LogP contribution in [0.5, 0.6) is 0 Å². The van der Waals surface area contributed by atoms with Crippen molar-refractivity contribution >= 4 is 40.0 Å². The van der Waals surface area contributed by atoms with Crippen LogP contribution in [-0.2, 0) is 23.1 Å². The summed E-state index contributed by atoms with van der Waals surface area (Å²) in [5.74, 6) is 0.614. The van der Waals surface area contributed by atoms with Gasteiger partial charge in [0.25, 0.3) is 0 Å². The summed E-state index contributed by atoms with van der Waals surface area (Å²) in [7, 11) is 1.26. The van der Waals surface area contributed by atoms with Crippen molar-refractivity contribution < 1.29 is 8.42 Å². The molecule has 0 spiro atoms. The van der Waals surface area contributed by atoms with Crippen molar-refractivity contribution in [3.63, 3.8) is 0 Å². The number of benzene rings is 2. The van der Waals surface area contributed by atoms with Crippen LogP contribution in [0.2, 0.25) is 0 Å². The number of rotatable bonds is 6. The Hall–Kier alpha value is -1.65. The van der Waals surface area contributed by atoms with Crippen LogP contribution >= 0.6 is 24.0 Å². The molecule has 2 aromatic carbocycles. The second kappa shape index (κ2) is 10.6. The number of hydrogen-bond acceptors (Lipinski definition) is 3. The summed E-state index contributed by atoms with van der Waals surface area (Å²) in [5.41, 5.74) is 3.05. The Labute approximate surface area is 179 Å². The SMILES string of the molecule is CN=C(NCc1cccc(C)c1)NCc1ccccc1S(=O)(=O)N(C)C.I. The van der Waals surface area contributed by atoms with Crippen molar-refractivity contribution in [3.8, 4) is 0 Å². The van der Waals surface area contributed by atoms with Crippen LogP contribution in [0.25, 0.3) is 0 Å². The van der Waals surface area contributed by atoms with Crippen molar-refractivity contribution in [1.29, 1.82) is 0 Å². The fourth-order valence-corrected chi connectivity index (χ4v) is 3.62. The third-order valence-electron chi connectivity index (χ3n) is 3.94. The maximum Gasteiger partial charge on any atom is 0.242 e. The first-order valence-electron chi connectivity index (χ1n) is 8.35. The summed E-state index contributed by atoms with van der Waals surface area (Å²) >= 11 is 0. The molecule has 0 aliphatic heterocycles. The molecule has 0 saturated heterocycles. The van der Waals surface area contributed by atoms with Gasteiger partial charge in [0.2, 0.25) is 10.0 Å². The number of sulfonamides is 1. The minimum atomic E-state index is -3.49. The fraction of sp³-hybridized carbons (Fsp3) is 0.316. The van der Waals surface area contributed by atoms with Crippen LogP contribution in [0.3, 0.4) is 0 Å². The van der Waals surface area contributed by atoms with Gasteiger partial charge in [-0.05, 0) is 24.1 Å². The van der Waals surface area contributed by atoms with E-state index in [2.05, 4.69) is 34.7 Å². The Balaban J connectivity index is 0.00000364. The molecule has 2 rings (SSSR count). The van der Waals surface area contributed by atoms with E-state index in [1.807, 2.05) is 18.2 Å². The second-order valence-electron chi connectivity index (χ2n) is 6.16. The van der Waals surface area contributed by atoms with E-state index >= 15 is 0 Å². The normalized spacial score (nSPS) is 11.8. The maximum atomic E-state index is 12.5. The molecule has 0 saturated carbocycles. The lowest BCUT2D eigenvalue weighted by atomic mass is 10.1. The molecule has 148 valence electrons. The Bertz CT molecular complexity index is 883. The van der Waals surface area contributed by atoms with Gasteiger partial charge < -0.3 is 10.6 Å². The van der Waals surface area contributed by atoms with E-state index in [0.29, 0.717) is 29.5 Å². The molecule has 27 heavy (non-hydrogen) atoms.